The van der Waals surface area contributed by atoms with Crippen molar-refractivity contribution in [1.82, 2.24) is 19.1 Å². The van der Waals surface area contributed by atoms with Gasteiger partial charge < -0.3 is 9.80 Å². The van der Waals surface area contributed by atoms with Crippen molar-refractivity contribution in [3.63, 3.8) is 0 Å². The number of rotatable bonds is 9. The van der Waals surface area contributed by atoms with E-state index in [1.165, 1.54) is 0 Å². The number of hydrogen-bond acceptors (Lipinski definition) is 4. The fourth-order valence-corrected chi connectivity index (χ4v) is 6.86. The molecule has 2 heterocycles. The van der Waals surface area contributed by atoms with Crippen LogP contribution in [0.15, 0.2) is 170 Å². The minimum atomic E-state index is 0.807. The summed E-state index contributed by atoms with van der Waals surface area (Å²) in [6.07, 6.45) is 0. The summed E-state index contributed by atoms with van der Waals surface area (Å²) in [7, 11) is 0. The molecule has 0 unspecified atom stereocenters. The monoisotopic (exact) mass is 676 g/mol. The van der Waals surface area contributed by atoms with Gasteiger partial charge >= 0.3 is 0 Å². The first-order chi connectivity index (χ1) is 25.5. The zero-order valence-corrected chi connectivity index (χ0v) is 29.8. The number of imidazole rings is 2. The first kappa shape index (κ1) is 32.5. The molecule has 6 aromatic carbocycles. The fourth-order valence-electron chi connectivity index (χ4n) is 6.86. The zero-order chi connectivity index (χ0) is 35.6. The van der Waals surface area contributed by atoms with E-state index in [0.29, 0.717) is 0 Å². The average Bonchev–Trinajstić information content (AvgIpc) is 3.66. The molecule has 0 amide bonds. The van der Waals surface area contributed by atoms with Gasteiger partial charge in [0.15, 0.2) is 11.6 Å². The standard InChI is InChI=1S/C46H40N6/c1-33-35(3)49(41-25-29-43(30-26-41)51(37-17-9-5-10-18-37)38-19-11-6-12-20-38)45(47-33)46-48-34(2)36(4)50(46)42-27-31-44(32-28-42)52(39-21-13-7-14-22-39)40-23-15-8-16-24-40/h5-32H,1-4H3. The number of benzene rings is 6. The third kappa shape index (κ3) is 6.05. The van der Waals surface area contributed by atoms with Gasteiger partial charge in [0, 0.05) is 56.9 Å². The molecule has 6 heteroatoms. The van der Waals surface area contributed by atoms with E-state index in [2.05, 4.69) is 192 Å². The second kappa shape index (κ2) is 13.9. The van der Waals surface area contributed by atoms with E-state index in [1.807, 2.05) is 24.3 Å². The highest BCUT2D eigenvalue weighted by Gasteiger charge is 2.23. The second-order valence-electron chi connectivity index (χ2n) is 12.9. The predicted octanol–water partition coefficient (Wildman–Crippen LogP) is 11.9. The summed E-state index contributed by atoms with van der Waals surface area (Å²) >= 11 is 0. The lowest BCUT2D eigenvalue weighted by molar-refractivity contribution is 0.948. The van der Waals surface area contributed by atoms with Crippen molar-refractivity contribution in [1.29, 1.82) is 0 Å². The van der Waals surface area contributed by atoms with Gasteiger partial charge in [-0.2, -0.15) is 0 Å². The number of aryl methyl sites for hydroxylation is 2. The smallest absolute Gasteiger partial charge is 0.181 e. The maximum absolute atomic E-state index is 5.14. The van der Waals surface area contributed by atoms with Crippen LogP contribution in [0.25, 0.3) is 23.0 Å². The Bertz CT molecular complexity index is 2160. The summed E-state index contributed by atoms with van der Waals surface area (Å²) < 4.78 is 4.46. The summed E-state index contributed by atoms with van der Waals surface area (Å²) in [5.41, 5.74) is 12.7. The molecule has 0 bridgehead atoms. The summed E-state index contributed by atoms with van der Waals surface area (Å²) in [5, 5.41) is 0. The van der Waals surface area contributed by atoms with Gasteiger partial charge in [0.25, 0.3) is 0 Å². The van der Waals surface area contributed by atoms with Crippen molar-refractivity contribution >= 4 is 34.1 Å². The Labute approximate surface area is 305 Å². The maximum Gasteiger partial charge on any atom is 0.181 e. The largest absolute Gasteiger partial charge is 0.311 e. The van der Waals surface area contributed by atoms with Crippen LogP contribution in [0.2, 0.25) is 0 Å². The van der Waals surface area contributed by atoms with Crippen molar-refractivity contribution in [2.45, 2.75) is 27.7 Å². The molecule has 254 valence electrons. The van der Waals surface area contributed by atoms with Crippen LogP contribution in [0, 0.1) is 27.7 Å². The van der Waals surface area contributed by atoms with Gasteiger partial charge in [0.05, 0.1) is 11.4 Å². The van der Waals surface area contributed by atoms with Gasteiger partial charge in [-0.05, 0) is 125 Å². The molecule has 8 rings (SSSR count). The molecule has 52 heavy (non-hydrogen) atoms. The topological polar surface area (TPSA) is 42.1 Å². The van der Waals surface area contributed by atoms with E-state index in [4.69, 9.17) is 9.97 Å². The lowest BCUT2D eigenvalue weighted by atomic mass is 10.1. The van der Waals surface area contributed by atoms with E-state index in [9.17, 15) is 0 Å². The van der Waals surface area contributed by atoms with Gasteiger partial charge in [0.2, 0.25) is 0 Å². The molecule has 0 saturated carbocycles. The van der Waals surface area contributed by atoms with Crippen molar-refractivity contribution in [3.8, 4) is 23.0 Å². The maximum atomic E-state index is 5.14. The Morgan fingerprint density at radius 1 is 0.327 bits per heavy atom. The number of aromatic nitrogens is 4. The average molecular weight is 677 g/mol. The minimum absolute atomic E-state index is 0.807. The van der Waals surface area contributed by atoms with E-state index >= 15 is 0 Å². The van der Waals surface area contributed by atoms with Crippen LogP contribution in [-0.4, -0.2) is 19.1 Å². The lowest BCUT2D eigenvalue weighted by Crippen LogP contribution is -2.10. The first-order valence-electron chi connectivity index (χ1n) is 17.6. The van der Waals surface area contributed by atoms with Crippen molar-refractivity contribution < 1.29 is 0 Å². The highest BCUT2D eigenvalue weighted by molar-refractivity contribution is 5.78. The third-order valence-electron chi connectivity index (χ3n) is 9.68. The van der Waals surface area contributed by atoms with Gasteiger partial charge in [-0.3, -0.25) is 9.13 Å². The van der Waals surface area contributed by atoms with Crippen LogP contribution in [0.1, 0.15) is 22.8 Å². The fraction of sp³-hybridized carbons (Fsp3) is 0.0870. The molecule has 8 aromatic rings. The summed E-state index contributed by atoms with van der Waals surface area (Å²) in [6, 6.07) is 59.3. The molecule has 0 atom stereocenters. The molecule has 2 aromatic heterocycles. The molecule has 0 saturated heterocycles. The van der Waals surface area contributed by atoms with Crippen LogP contribution >= 0.6 is 0 Å². The molecular formula is C46H40N6. The molecule has 0 N–H and O–H groups in total. The van der Waals surface area contributed by atoms with E-state index in [0.717, 1.165) is 79.9 Å². The summed E-state index contributed by atoms with van der Waals surface area (Å²) in [6.45, 7) is 8.40. The Kier molecular flexibility index (Phi) is 8.71. The number of hydrogen-bond donors (Lipinski definition) is 0. The number of nitrogens with zero attached hydrogens (tertiary/aromatic N) is 6. The van der Waals surface area contributed by atoms with Crippen molar-refractivity contribution in [3.05, 3.63) is 193 Å². The van der Waals surface area contributed by atoms with Crippen LogP contribution in [0.5, 0.6) is 0 Å². The molecular weight excluding hydrogens is 637 g/mol. The third-order valence-corrected chi connectivity index (χ3v) is 9.68. The van der Waals surface area contributed by atoms with Crippen LogP contribution < -0.4 is 9.80 Å². The van der Waals surface area contributed by atoms with Crippen LogP contribution in [0.3, 0.4) is 0 Å². The molecule has 0 aliphatic rings. The lowest BCUT2D eigenvalue weighted by Gasteiger charge is -2.26. The van der Waals surface area contributed by atoms with Crippen molar-refractivity contribution in [2.75, 3.05) is 9.80 Å². The highest BCUT2D eigenvalue weighted by atomic mass is 15.2. The van der Waals surface area contributed by atoms with E-state index in [-0.39, 0.29) is 0 Å². The number of para-hydroxylation sites is 4. The quantitative estimate of drug-likeness (QED) is 0.153. The molecule has 0 fully saturated rings. The summed E-state index contributed by atoms with van der Waals surface area (Å²) in [4.78, 5) is 14.8. The second-order valence-corrected chi connectivity index (χ2v) is 12.9. The molecule has 0 aliphatic heterocycles. The molecule has 0 aliphatic carbocycles. The predicted molar refractivity (Wildman–Crippen MR) is 214 cm³/mol. The number of anilines is 6. The molecule has 6 nitrogen and oxygen atoms in total. The van der Waals surface area contributed by atoms with Gasteiger partial charge in [0.1, 0.15) is 0 Å². The van der Waals surface area contributed by atoms with Gasteiger partial charge in [-0.1, -0.05) is 72.8 Å². The normalized spacial score (nSPS) is 11.1. The van der Waals surface area contributed by atoms with Crippen LogP contribution in [0.4, 0.5) is 34.1 Å². The van der Waals surface area contributed by atoms with Gasteiger partial charge in [-0.25, -0.2) is 9.97 Å². The Morgan fingerprint density at radius 3 is 0.846 bits per heavy atom. The zero-order valence-electron chi connectivity index (χ0n) is 29.8. The Morgan fingerprint density at radius 2 is 0.577 bits per heavy atom. The highest BCUT2D eigenvalue weighted by Crippen LogP contribution is 2.38. The minimum Gasteiger partial charge on any atom is -0.311 e. The first-order valence-corrected chi connectivity index (χ1v) is 17.6. The van der Waals surface area contributed by atoms with Crippen molar-refractivity contribution in [2.24, 2.45) is 0 Å². The van der Waals surface area contributed by atoms with E-state index in [1.54, 1.807) is 0 Å². The molecule has 0 radical (unpaired) electrons. The SMILES string of the molecule is Cc1nc(-c2nc(C)c(C)n2-c2ccc(N(c3ccccc3)c3ccccc3)cc2)n(-c2ccc(N(c3ccccc3)c3ccccc3)cc2)c1C. The Hall–Kier alpha value is -6.66. The van der Waals surface area contributed by atoms with E-state index < -0.39 is 0 Å². The van der Waals surface area contributed by atoms with Crippen LogP contribution in [-0.2, 0) is 0 Å². The van der Waals surface area contributed by atoms with Gasteiger partial charge in [-0.15, -0.1) is 0 Å². The Balaban J connectivity index is 1.19. The summed E-state index contributed by atoms with van der Waals surface area (Å²) in [5.74, 6) is 1.61. The molecule has 0 spiro atoms.